The van der Waals surface area contributed by atoms with E-state index < -0.39 is 0 Å². The molecule has 1 aliphatic heterocycles. The molecule has 1 fully saturated rings. The lowest BCUT2D eigenvalue weighted by Gasteiger charge is -2.12. The van der Waals surface area contributed by atoms with Crippen molar-refractivity contribution >= 4 is 5.96 Å². The number of pyridine rings is 1. The molecule has 0 aliphatic carbocycles. The van der Waals surface area contributed by atoms with Crippen LogP contribution in [0.1, 0.15) is 25.3 Å². The zero-order chi connectivity index (χ0) is 19.4. The van der Waals surface area contributed by atoms with Gasteiger partial charge < -0.3 is 20.1 Å². The van der Waals surface area contributed by atoms with Crippen LogP contribution in [0.15, 0.2) is 42.0 Å². The Balaban J connectivity index is 1.38. The number of nitrogens with zero attached hydrogens (tertiary/aromatic N) is 4. The number of hydrogen-bond donors (Lipinski definition) is 2. The van der Waals surface area contributed by atoms with Crippen molar-refractivity contribution in [2.75, 3.05) is 39.5 Å². The van der Waals surface area contributed by atoms with Crippen molar-refractivity contribution in [3.8, 4) is 5.82 Å². The van der Waals surface area contributed by atoms with E-state index in [0.717, 1.165) is 69.7 Å². The molecule has 3 heterocycles. The van der Waals surface area contributed by atoms with Gasteiger partial charge in [0.2, 0.25) is 0 Å². The molecule has 2 aromatic heterocycles. The highest BCUT2D eigenvalue weighted by atomic mass is 16.5. The number of ether oxygens (including phenoxy) is 2. The predicted octanol–water partition coefficient (Wildman–Crippen LogP) is 1.77. The quantitative estimate of drug-likeness (QED) is 0.368. The molecule has 0 amide bonds. The summed E-state index contributed by atoms with van der Waals surface area (Å²) in [6.45, 7) is 7.55. The number of nitrogens with one attached hydrogen (secondary N) is 2. The molecule has 0 radical (unpaired) electrons. The average molecular weight is 387 g/mol. The Labute approximate surface area is 166 Å². The van der Waals surface area contributed by atoms with Crippen LogP contribution in [-0.2, 0) is 16.0 Å². The highest BCUT2D eigenvalue weighted by molar-refractivity contribution is 5.79. The molecule has 1 saturated heterocycles. The molecule has 3 rings (SSSR count). The fourth-order valence-electron chi connectivity index (χ4n) is 2.92. The number of aliphatic imine (C=N–C) groups is 1. The minimum absolute atomic E-state index is 0.570. The molecule has 152 valence electrons. The van der Waals surface area contributed by atoms with E-state index in [4.69, 9.17) is 9.47 Å². The summed E-state index contributed by atoms with van der Waals surface area (Å²) in [7, 11) is 0. The van der Waals surface area contributed by atoms with Gasteiger partial charge in [0.05, 0.1) is 19.8 Å². The van der Waals surface area contributed by atoms with Crippen LogP contribution in [0, 0.1) is 5.92 Å². The Morgan fingerprint density at radius 2 is 2.36 bits per heavy atom. The summed E-state index contributed by atoms with van der Waals surface area (Å²) in [6, 6.07) is 4.01. The molecular formula is C20H30N6O2. The van der Waals surface area contributed by atoms with Crippen LogP contribution in [0.25, 0.3) is 5.82 Å². The number of aromatic nitrogens is 3. The average Bonchev–Trinajstić information content (AvgIpc) is 3.43. The van der Waals surface area contributed by atoms with Crippen molar-refractivity contribution in [1.82, 2.24) is 25.2 Å². The van der Waals surface area contributed by atoms with Gasteiger partial charge in [0.25, 0.3) is 0 Å². The Morgan fingerprint density at radius 3 is 3.07 bits per heavy atom. The fourth-order valence-corrected chi connectivity index (χ4v) is 2.92. The van der Waals surface area contributed by atoms with Crippen LogP contribution in [0.3, 0.4) is 0 Å². The molecular weight excluding hydrogens is 356 g/mol. The SMILES string of the molecule is CCNC(=NCc1ccc(-n2ccnc2)nc1)NCCCOCC1CCOC1. The lowest BCUT2D eigenvalue weighted by molar-refractivity contribution is 0.0888. The van der Waals surface area contributed by atoms with E-state index in [2.05, 4.69) is 32.5 Å². The monoisotopic (exact) mass is 386 g/mol. The van der Waals surface area contributed by atoms with Crippen LogP contribution < -0.4 is 10.6 Å². The Kier molecular flexibility index (Phi) is 8.26. The van der Waals surface area contributed by atoms with Crippen LogP contribution in [-0.4, -0.2) is 60.0 Å². The predicted molar refractivity (Wildman–Crippen MR) is 109 cm³/mol. The second-order valence-corrected chi connectivity index (χ2v) is 6.77. The summed E-state index contributed by atoms with van der Waals surface area (Å²) in [5, 5.41) is 6.63. The van der Waals surface area contributed by atoms with E-state index in [9.17, 15) is 0 Å². The minimum atomic E-state index is 0.570. The van der Waals surface area contributed by atoms with E-state index >= 15 is 0 Å². The number of imidazole rings is 1. The Morgan fingerprint density at radius 1 is 1.39 bits per heavy atom. The third-order valence-electron chi connectivity index (χ3n) is 4.48. The van der Waals surface area contributed by atoms with Gasteiger partial charge in [-0.1, -0.05) is 6.07 Å². The van der Waals surface area contributed by atoms with Crippen LogP contribution in [0.4, 0.5) is 0 Å². The first-order valence-corrected chi connectivity index (χ1v) is 9.96. The lowest BCUT2D eigenvalue weighted by atomic mass is 10.1. The third-order valence-corrected chi connectivity index (χ3v) is 4.48. The van der Waals surface area contributed by atoms with Gasteiger partial charge >= 0.3 is 0 Å². The Bertz CT molecular complexity index is 696. The number of rotatable bonds is 10. The molecule has 28 heavy (non-hydrogen) atoms. The summed E-state index contributed by atoms with van der Waals surface area (Å²) in [4.78, 5) is 13.1. The Hall–Kier alpha value is -2.45. The van der Waals surface area contributed by atoms with Crippen molar-refractivity contribution in [3.05, 3.63) is 42.6 Å². The maximum atomic E-state index is 5.74. The number of hydrogen-bond acceptors (Lipinski definition) is 5. The summed E-state index contributed by atoms with van der Waals surface area (Å²) < 4.78 is 13.0. The van der Waals surface area contributed by atoms with E-state index in [1.165, 1.54) is 0 Å². The van der Waals surface area contributed by atoms with Crippen molar-refractivity contribution in [3.63, 3.8) is 0 Å². The third kappa shape index (κ3) is 6.61. The van der Waals surface area contributed by atoms with Crippen LogP contribution >= 0.6 is 0 Å². The largest absolute Gasteiger partial charge is 0.381 e. The van der Waals surface area contributed by atoms with Crippen molar-refractivity contribution in [1.29, 1.82) is 0 Å². The van der Waals surface area contributed by atoms with E-state index in [-0.39, 0.29) is 0 Å². The van der Waals surface area contributed by atoms with Gasteiger partial charge in [-0.3, -0.25) is 4.57 Å². The summed E-state index contributed by atoms with van der Waals surface area (Å²) >= 11 is 0. The van der Waals surface area contributed by atoms with Gasteiger partial charge in [-0.25, -0.2) is 15.0 Å². The van der Waals surface area contributed by atoms with E-state index in [1.54, 1.807) is 12.5 Å². The zero-order valence-corrected chi connectivity index (χ0v) is 16.5. The summed E-state index contributed by atoms with van der Waals surface area (Å²) in [6.07, 6.45) is 9.26. The second kappa shape index (κ2) is 11.4. The maximum Gasteiger partial charge on any atom is 0.191 e. The molecule has 0 bridgehead atoms. The second-order valence-electron chi connectivity index (χ2n) is 6.77. The summed E-state index contributed by atoms with van der Waals surface area (Å²) in [5.41, 5.74) is 1.06. The zero-order valence-electron chi connectivity index (χ0n) is 16.5. The van der Waals surface area contributed by atoms with Gasteiger partial charge in [-0.2, -0.15) is 0 Å². The van der Waals surface area contributed by atoms with Crippen LogP contribution in [0.5, 0.6) is 0 Å². The first kappa shape index (κ1) is 20.3. The molecule has 1 unspecified atom stereocenters. The summed E-state index contributed by atoms with van der Waals surface area (Å²) in [5.74, 6) is 2.23. The van der Waals surface area contributed by atoms with Crippen molar-refractivity contribution in [2.24, 2.45) is 10.9 Å². The minimum Gasteiger partial charge on any atom is -0.381 e. The maximum absolute atomic E-state index is 5.74. The molecule has 0 aromatic carbocycles. The molecule has 2 aromatic rings. The normalized spacial score (nSPS) is 17.0. The molecule has 8 nitrogen and oxygen atoms in total. The highest BCUT2D eigenvalue weighted by Gasteiger charge is 2.15. The lowest BCUT2D eigenvalue weighted by Crippen LogP contribution is -2.38. The smallest absolute Gasteiger partial charge is 0.191 e. The van der Waals surface area contributed by atoms with Crippen molar-refractivity contribution < 1.29 is 9.47 Å². The molecule has 8 heteroatoms. The van der Waals surface area contributed by atoms with Crippen molar-refractivity contribution in [2.45, 2.75) is 26.3 Å². The molecule has 1 atom stereocenters. The van der Waals surface area contributed by atoms with E-state index in [1.807, 2.05) is 29.1 Å². The van der Waals surface area contributed by atoms with E-state index in [0.29, 0.717) is 12.5 Å². The first-order valence-electron chi connectivity index (χ1n) is 9.96. The molecule has 1 aliphatic rings. The number of guanidine groups is 1. The van der Waals surface area contributed by atoms with Gasteiger partial charge in [0.1, 0.15) is 12.1 Å². The van der Waals surface area contributed by atoms with Gasteiger partial charge in [0.15, 0.2) is 5.96 Å². The van der Waals surface area contributed by atoms with Gasteiger partial charge in [-0.15, -0.1) is 0 Å². The standard InChI is InChI=1S/C20H30N6O2/c1-2-22-20(23-7-3-10-27-14-18-6-11-28-15-18)25-13-17-4-5-19(24-12-17)26-9-8-21-16-26/h4-5,8-9,12,16,18H,2-3,6-7,10-11,13-15H2,1H3,(H2,22,23,25). The molecule has 0 spiro atoms. The van der Waals surface area contributed by atoms with Gasteiger partial charge in [-0.05, 0) is 31.4 Å². The topological polar surface area (TPSA) is 85.6 Å². The first-order chi connectivity index (χ1) is 13.8. The van der Waals surface area contributed by atoms with Gasteiger partial charge in [0, 0.05) is 50.8 Å². The highest BCUT2D eigenvalue weighted by Crippen LogP contribution is 2.12. The van der Waals surface area contributed by atoms with Crippen LogP contribution in [0.2, 0.25) is 0 Å². The molecule has 0 saturated carbocycles. The fraction of sp³-hybridized carbons (Fsp3) is 0.550. The molecule has 2 N–H and O–H groups in total.